The topological polar surface area (TPSA) is 93.3 Å². The summed E-state index contributed by atoms with van der Waals surface area (Å²) in [6, 6.07) is 6.01. The van der Waals surface area contributed by atoms with Gasteiger partial charge in [0.15, 0.2) is 0 Å². The van der Waals surface area contributed by atoms with Gasteiger partial charge >= 0.3 is 5.97 Å². The first kappa shape index (κ1) is 15.1. The number of carboxylic acids is 1. The third-order valence-corrected chi connectivity index (χ3v) is 3.98. The molecule has 0 radical (unpaired) electrons. The van der Waals surface area contributed by atoms with Crippen molar-refractivity contribution < 1.29 is 14.8 Å². The summed E-state index contributed by atoms with van der Waals surface area (Å²) in [5, 5.41) is 20.5. The average Bonchev–Trinajstić information content (AvgIpc) is 2.81. The highest BCUT2D eigenvalue weighted by molar-refractivity contribution is 7.12. The van der Waals surface area contributed by atoms with Crippen LogP contribution in [0, 0.1) is 10.1 Å². The number of rotatable bonds is 6. The van der Waals surface area contributed by atoms with E-state index in [-0.39, 0.29) is 12.1 Å². The van der Waals surface area contributed by atoms with Crippen molar-refractivity contribution in [3.05, 3.63) is 44.3 Å². The molecule has 0 unspecified atom stereocenters. The fourth-order valence-corrected chi connectivity index (χ4v) is 3.13. The lowest BCUT2D eigenvalue weighted by Gasteiger charge is -2.00. The molecule has 0 aliphatic rings. The zero-order valence-corrected chi connectivity index (χ0v) is 12.2. The standard InChI is InChI=1S/C14H14N2O4S/c1-2-3-12-15-14(11(21-12)8-13(17)18)9-4-6-10(7-5-9)16(19)20/h4-7H,2-3,8H2,1H3,(H,17,18). The molecule has 0 fully saturated rings. The summed E-state index contributed by atoms with van der Waals surface area (Å²) in [6.45, 7) is 2.03. The van der Waals surface area contributed by atoms with Crippen LogP contribution in [-0.2, 0) is 17.6 Å². The molecular formula is C14H14N2O4S. The fourth-order valence-electron chi connectivity index (χ4n) is 1.94. The Kier molecular flexibility index (Phi) is 4.64. The zero-order chi connectivity index (χ0) is 15.4. The molecule has 0 bridgehead atoms. The number of benzene rings is 1. The van der Waals surface area contributed by atoms with Gasteiger partial charge in [-0.3, -0.25) is 14.9 Å². The van der Waals surface area contributed by atoms with E-state index in [1.807, 2.05) is 6.92 Å². The first-order chi connectivity index (χ1) is 10.0. The minimum absolute atomic E-state index is 0.00236. The number of hydrogen-bond acceptors (Lipinski definition) is 5. The molecular weight excluding hydrogens is 292 g/mol. The van der Waals surface area contributed by atoms with Crippen LogP contribution in [0.15, 0.2) is 24.3 Å². The first-order valence-corrected chi connectivity index (χ1v) is 7.28. The molecule has 1 aromatic carbocycles. The van der Waals surface area contributed by atoms with Gasteiger partial charge < -0.3 is 5.11 Å². The van der Waals surface area contributed by atoms with Crippen molar-refractivity contribution in [1.29, 1.82) is 0 Å². The number of nitrogens with zero attached hydrogens (tertiary/aromatic N) is 2. The molecule has 2 aromatic rings. The number of thiazole rings is 1. The van der Waals surface area contributed by atoms with Gasteiger partial charge in [0.25, 0.3) is 5.69 Å². The summed E-state index contributed by atoms with van der Waals surface area (Å²) in [6.07, 6.45) is 1.64. The van der Waals surface area contributed by atoms with Gasteiger partial charge in [-0.05, 0) is 25.0 Å². The van der Waals surface area contributed by atoms with Crippen molar-refractivity contribution in [2.45, 2.75) is 26.2 Å². The predicted octanol–water partition coefficient (Wildman–Crippen LogP) is 3.30. The van der Waals surface area contributed by atoms with Gasteiger partial charge in [-0.15, -0.1) is 11.3 Å². The van der Waals surface area contributed by atoms with Crippen LogP contribution in [0.5, 0.6) is 0 Å². The quantitative estimate of drug-likeness (QED) is 0.653. The fraction of sp³-hybridized carbons (Fsp3) is 0.286. The summed E-state index contributed by atoms with van der Waals surface area (Å²) in [5.41, 5.74) is 1.32. The SMILES string of the molecule is CCCc1nc(-c2ccc([N+](=O)[O-])cc2)c(CC(=O)O)s1. The molecule has 0 amide bonds. The van der Waals surface area contributed by atoms with Gasteiger partial charge in [0.2, 0.25) is 0 Å². The van der Waals surface area contributed by atoms with Crippen molar-refractivity contribution >= 4 is 23.0 Å². The molecule has 6 nitrogen and oxygen atoms in total. The summed E-state index contributed by atoms with van der Waals surface area (Å²) in [7, 11) is 0. The Hall–Kier alpha value is -2.28. The number of aliphatic carboxylic acids is 1. The van der Waals surface area contributed by atoms with Gasteiger partial charge in [0.05, 0.1) is 22.0 Å². The number of non-ortho nitro benzene ring substituents is 1. The number of carboxylic acid groups (broad SMARTS) is 1. The average molecular weight is 306 g/mol. The van der Waals surface area contributed by atoms with Crippen LogP contribution in [0.1, 0.15) is 23.2 Å². The second-order valence-electron chi connectivity index (χ2n) is 4.50. The Balaban J connectivity index is 2.40. The van der Waals surface area contributed by atoms with Crippen LogP contribution in [0.2, 0.25) is 0 Å². The Morgan fingerprint density at radius 1 is 1.38 bits per heavy atom. The molecule has 1 heterocycles. The lowest BCUT2D eigenvalue weighted by atomic mass is 10.1. The highest BCUT2D eigenvalue weighted by Gasteiger charge is 2.16. The van der Waals surface area contributed by atoms with E-state index in [4.69, 9.17) is 5.11 Å². The first-order valence-electron chi connectivity index (χ1n) is 6.46. The Morgan fingerprint density at radius 3 is 2.57 bits per heavy atom. The van der Waals surface area contributed by atoms with Gasteiger partial charge in [-0.1, -0.05) is 6.92 Å². The molecule has 1 N–H and O–H groups in total. The van der Waals surface area contributed by atoms with Crippen molar-refractivity contribution in [3.63, 3.8) is 0 Å². The zero-order valence-electron chi connectivity index (χ0n) is 11.4. The second-order valence-corrected chi connectivity index (χ2v) is 5.67. The van der Waals surface area contributed by atoms with Crippen LogP contribution >= 0.6 is 11.3 Å². The molecule has 0 saturated carbocycles. The molecule has 0 saturated heterocycles. The Labute approximate surface area is 125 Å². The highest BCUT2D eigenvalue weighted by atomic mass is 32.1. The van der Waals surface area contributed by atoms with Crippen molar-refractivity contribution in [1.82, 2.24) is 4.98 Å². The Morgan fingerprint density at radius 2 is 2.05 bits per heavy atom. The normalized spacial score (nSPS) is 10.5. The summed E-state index contributed by atoms with van der Waals surface area (Å²) >= 11 is 1.39. The number of carbonyl (C=O) groups is 1. The van der Waals surface area contributed by atoms with Crippen LogP contribution in [0.25, 0.3) is 11.3 Å². The van der Waals surface area contributed by atoms with E-state index in [2.05, 4.69) is 4.98 Å². The van der Waals surface area contributed by atoms with Gasteiger partial charge in [-0.2, -0.15) is 0 Å². The van der Waals surface area contributed by atoms with Crippen LogP contribution < -0.4 is 0 Å². The van der Waals surface area contributed by atoms with Gasteiger partial charge in [0, 0.05) is 22.6 Å². The van der Waals surface area contributed by atoms with Crippen molar-refractivity contribution in [3.8, 4) is 11.3 Å². The molecule has 1 aromatic heterocycles. The number of aromatic nitrogens is 1. The van der Waals surface area contributed by atoms with Crippen molar-refractivity contribution in [2.75, 3.05) is 0 Å². The molecule has 7 heteroatoms. The lowest BCUT2D eigenvalue weighted by molar-refractivity contribution is -0.384. The summed E-state index contributed by atoms with van der Waals surface area (Å²) in [5.74, 6) is -0.912. The number of nitro benzene ring substituents is 1. The molecule has 0 aliphatic carbocycles. The van der Waals surface area contributed by atoms with E-state index in [9.17, 15) is 14.9 Å². The maximum absolute atomic E-state index is 11.0. The number of aryl methyl sites for hydroxylation is 1. The minimum Gasteiger partial charge on any atom is -0.481 e. The van der Waals surface area contributed by atoms with Crippen molar-refractivity contribution in [2.24, 2.45) is 0 Å². The van der Waals surface area contributed by atoms with Gasteiger partial charge in [0.1, 0.15) is 0 Å². The third kappa shape index (κ3) is 3.63. The monoisotopic (exact) mass is 306 g/mol. The maximum Gasteiger partial charge on any atom is 0.308 e. The van der Waals surface area contributed by atoms with E-state index < -0.39 is 10.9 Å². The van der Waals surface area contributed by atoms with Crippen LogP contribution in [0.3, 0.4) is 0 Å². The van der Waals surface area contributed by atoms with E-state index in [1.165, 1.54) is 23.5 Å². The third-order valence-electron chi connectivity index (χ3n) is 2.87. The van der Waals surface area contributed by atoms with E-state index in [0.29, 0.717) is 16.1 Å². The molecule has 21 heavy (non-hydrogen) atoms. The lowest BCUT2D eigenvalue weighted by Crippen LogP contribution is -1.99. The molecule has 0 atom stereocenters. The number of hydrogen-bond donors (Lipinski definition) is 1. The minimum atomic E-state index is -0.912. The summed E-state index contributed by atoms with van der Waals surface area (Å²) < 4.78 is 0. The van der Waals surface area contributed by atoms with Gasteiger partial charge in [-0.25, -0.2) is 4.98 Å². The van der Waals surface area contributed by atoms with Crippen LogP contribution in [-0.4, -0.2) is 21.0 Å². The summed E-state index contributed by atoms with van der Waals surface area (Å²) in [4.78, 5) is 26.3. The second kappa shape index (κ2) is 6.45. The number of nitro groups is 1. The maximum atomic E-state index is 11.0. The smallest absolute Gasteiger partial charge is 0.308 e. The largest absolute Gasteiger partial charge is 0.481 e. The molecule has 2 rings (SSSR count). The Bertz CT molecular complexity index is 664. The van der Waals surface area contributed by atoms with E-state index in [1.54, 1.807) is 12.1 Å². The molecule has 0 spiro atoms. The predicted molar refractivity (Wildman–Crippen MR) is 79.5 cm³/mol. The van der Waals surface area contributed by atoms with Crippen LogP contribution in [0.4, 0.5) is 5.69 Å². The van der Waals surface area contributed by atoms with E-state index in [0.717, 1.165) is 17.8 Å². The molecule has 110 valence electrons. The highest BCUT2D eigenvalue weighted by Crippen LogP contribution is 2.30. The molecule has 0 aliphatic heterocycles. The van der Waals surface area contributed by atoms with E-state index >= 15 is 0 Å².